The minimum Gasteiger partial charge on any atom is -0.368 e. The van der Waals surface area contributed by atoms with Gasteiger partial charge < -0.3 is 25.3 Å². The molecule has 7 nitrogen and oxygen atoms in total. The van der Waals surface area contributed by atoms with Gasteiger partial charge in [0.1, 0.15) is 11.6 Å². The number of nitrogens with zero attached hydrogens (tertiary/aromatic N) is 5. The van der Waals surface area contributed by atoms with E-state index in [4.69, 9.17) is 33.8 Å². The van der Waals surface area contributed by atoms with E-state index in [0.717, 1.165) is 75.3 Å². The van der Waals surface area contributed by atoms with Gasteiger partial charge in [0.2, 0.25) is 5.95 Å². The van der Waals surface area contributed by atoms with Crippen molar-refractivity contribution in [3.8, 4) is 0 Å². The molecule has 234 valence electrons. The summed E-state index contributed by atoms with van der Waals surface area (Å²) in [5.74, 6) is 3.76. The molecule has 9 heteroatoms. The Hall–Kier alpha value is -3.10. The summed E-state index contributed by atoms with van der Waals surface area (Å²) in [7, 11) is 0. The molecule has 0 spiro atoms. The Kier molecular flexibility index (Phi) is 9.77. The molecule has 1 aromatic heterocycles. The van der Waals surface area contributed by atoms with E-state index in [9.17, 15) is 0 Å². The second-order valence-electron chi connectivity index (χ2n) is 13.2. The van der Waals surface area contributed by atoms with E-state index in [-0.39, 0.29) is 5.41 Å². The topological polar surface area (TPSA) is 59.6 Å². The molecule has 0 unspecified atom stereocenters. The molecule has 2 aromatic carbocycles. The van der Waals surface area contributed by atoms with Crippen LogP contribution in [0.4, 0.5) is 23.3 Å². The fraction of sp³-hybridized carbons (Fsp3) is 0.514. The van der Waals surface area contributed by atoms with Crippen LogP contribution in [0.25, 0.3) is 0 Å². The van der Waals surface area contributed by atoms with Crippen LogP contribution in [0, 0.1) is 11.8 Å². The lowest BCUT2D eigenvalue weighted by Crippen LogP contribution is -2.47. The van der Waals surface area contributed by atoms with Gasteiger partial charge in [-0.1, -0.05) is 75.0 Å². The number of benzene rings is 2. The maximum atomic E-state index is 6.43. The van der Waals surface area contributed by atoms with Gasteiger partial charge in [0.25, 0.3) is 0 Å². The van der Waals surface area contributed by atoms with Crippen molar-refractivity contribution in [2.45, 2.75) is 57.8 Å². The number of anilines is 4. The van der Waals surface area contributed by atoms with Crippen LogP contribution < -0.4 is 25.3 Å². The third-order valence-electron chi connectivity index (χ3n) is 9.68. The molecule has 2 saturated heterocycles. The normalized spacial score (nSPS) is 22.0. The summed E-state index contributed by atoms with van der Waals surface area (Å²) in [5, 5.41) is 8.30. The molecule has 0 bridgehead atoms. The van der Waals surface area contributed by atoms with Crippen LogP contribution >= 0.6 is 23.8 Å². The minimum atomic E-state index is 0.0151. The highest BCUT2D eigenvalue weighted by Gasteiger charge is 2.34. The maximum absolute atomic E-state index is 6.43. The van der Waals surface area contributed by atoms with Gasteiger partial charge in [-0.15, -0.1) is 0 Å². The Morgan fingerprint density at radius 2 is 1.50 bits per heavy atom. The monoisotopic (exact) mass is 631 g/mol. The van der Waals surface area contributed by atoms with Gasteiger partial charge in [-0.3, -0.25) is 0 Å². The summed E-state index contributed by atoms with van der Waals surface area (Å²) < 4.78 is 0. The molecule has 3 fully saturated rings. The van der Waals surface area contributed by atoms with Crippen LogP contribution in [0.1, 0.15) is 57.9 Å². The first-order chi connectivity index (χ1) is 21.4. The predicted molar refractivity (Wildman–Crippen MR) is 188 cm³/mol. The highest BCUT2D eigenvalue weighted by atomic mass is 35.5. The standard InChI is InChI=1S/C35H46ClN7S/c1-26-20-27(2)24-43(23-26)32-22-31(42-18-16-41(17-19-42)30-12-5-3-6-13-30)38-33(39-32)40-34(44)37-25-35(14-7-4-8-15-35)28-10-9-11-29(36)21-28/h3,5-6,9-13,21-22,26-27H,4,7-8,14-20,23-25H2,1-2H3,(H2,37,38,39,40,44)/t26-,27-/m1/s1. The Morgan fingerprint density at radius 3 is 2.18 bits per heavy atom. The van der Waals surface area contributed by atoms with E-state index in [1.54, 1.807) is 0 Å². The molecule has 3 aliphatic rings. The number of piperazine rings is 1. The van der Waals surface area contributed by atoms with Gasteiger partial charge in [-0.05, 0) is 73.1 Å². The lowest BCUT2D eigenvalue weighted by molar-refractivity contribution is 0.292. The Labute approximate surface area is 273 Å². The van der Waals surface area contributed by atoms with E-state index in [2.05, 4.69) is 93.8 Å². The molecule has 1 aliphatic carbocycles. The van der Waals surface area contributed by atoms with E-state index < -0.39 is 0 Å². The van der Waals surface area contributed by atoms with Crippen molar-refractivity contribution in [2.24, 2.45) is 11.8 Å². The summed E-state index contributed by atoms with van der Waals surface area (Å²) >= 11 is 12.3. The number of hydrogen-bond acceptors (Lipinski definition) is 6. The van der Waals surface area contributed by atoms with Gasteiger partial charge in [0.05, 0.1) is 0 Å². The quantitative estimate of drug-likeness (QED) is 0.267. The van der Waals surface area contributed by atoms with Gasteiger partial charge in [-0.2, -0.15) is 9.97 Å². The zero-order valence-electron chi connectivity index (χ0n) is 26.1. The van der Waals surface area contributed by atoms with Crippen molar-refractivity contribution < 1.29 is 0 Å². The summed E-state index contributed by atoms with van der Waals surface area (Å²) in [6.45, 7) is 11.2. The maximum Gasteiger partial charge on any atom is 0.232 e. The first-order valence-corrected chi connectivity index (χ1v) is 17.2. The lowest BCUT2D eigenvalue weighted by Gasteiger charge is -2.39. The predicted octanol–water partition coefficient (Wildman–Crippen LogP) is 7.13. The largest absolute Gasteiger partial charge is 0.368 e. The number of rotatable bonds is 7. The van der Waals surface area contributed by atoms with Gasteiger partial charge in [0.15, 0.2) is 5.11 Å². The molecule has 2 N–H and O–H groups in total. The number of aromatic nitrogens is 2. The molecule has 6 rings (SSSR count). The zero-order chi connectivity index (χ0) is 30.5. The van der Waals surface area contributed by atoms with E-state index in [1.165, 1.54) is 36.9 Å². The molecule has 2 atom stereocenters. The van der Waals surface area contributed by atoms with Crippen LogP contribution in [0.5, 0.6) is 0 Å². The highest BCUT2D eigenvalue weighted by molar-refractivity contribution is 7.80. The second kappa shape index (κ2) is 13.9. The fourth-order valence-electron chi connectivity index (χ4n) is 7.49. The van der Waals surface area contributed by atoms with Crippen LogP contribution in [-0.2, 0) is 5.41 Å². The minimum absolute atomic E-state index is 0.0151. The number of thiocarbonyl (C=S) groups is 1. The molecule has 2 aliphatic heterocycles. The van der Waals surface area contributed by atoms with Crippen molar-refractivity contribution in [3.63, 3.8) is 0 Å². The van der Waals surface area contributed by atoms with Crippen molar-refractivity contribution in [2.75, 3.05) is 65.8 Å². The summed E-state index contributed by atoms with van der Waals surface area (Å²) in [6, 6.07) is 21.2. The Morgan fingerprint density at radius 1 is 0.841 bits per heavy atom. The van der Waals surface area contributed by atoms with Crippen LogP contribution in [0.15, 0.2) is 60.7 Å². The van der Waals surface area contributed by atoms with Crippen LogP contribution in [0.3, 0.4) is 0 Å². The first-order valence-electron chi connectivity index (χ1n) is 16.4. The van der Waals surface area contributed by atoms with Crippen LogP contribution in [-0.4, -0.2) is 60.9 Å². The first kappa shape index (κ1) is 30.9. The van der Waals surface area contributed by atoms with Crippen molar-refractivity contribution >= 4 is 52.2 Å². The Balaban J connectivity index is 1.19. The lowest BCUT2D eigenvalue weighted by atomic mass is 9.69. The fourth-order valence-corrected chi connectivity index (χ4v) is 7.85. The average molecular weight is 632 g/mol. The van der Waals surface area contributed by atoms with Crippen molar-refractivity contribution in [3.05, 3.63) is 71.2 Å². The van der Waals surface area contributed by atoms with Crippen molar-refractivity contribution in [1.29, 1.82) is 0 Å². The molecule has 3 aromatic rings. The van der Waals surface area contributed by atoms with E-state index >= 15 is 0 Å². The average Bonchev–Trinajstić information content (AvgIpc) is 3.04. The third-order valence-corrected chi connectivity index (χ3v) is 10.2. The van der Waals surface area contributed by atoms with Crippen molar-refractivity contribution in [1.82, 2.24) is 15.3 Å². The highest BCUT2D eigenvalue weighted by Crippen LogP contribution is 2.40. The number of hydrogen-bond donors (Lipinski definition) is 2. The van der Waals surface area contributed by atoms with E-state index in [1.807, 2.05) is 6.07 Å². The Bertz CT molecular complexity index is 1400. The molecular weight excluding hydrogens is 586 g/mol. The number of halogens is 1. The van der Waals surface area contributed by atoms with Crippen LogP contribution in [0.2, 0.25) is 5.02 Å². The molecule has 44 heavy (non-hydrogen) atoms. The SMILES string of the molecule is C[C@@H]1C[C@@H](C)CN(c2cc(N3CCN(c4ccccc4)CC3)nc(NC(=S)NCC3(c4cccc(Cl)c4)CCCCC3)n2)C1. The second-order valence-corrected chi connectivity index (χ2v) is 14.1. The molecular formula is C35H46ClN7S. The van der Waals surface area contributed by atoms with Gasteiger partial charge in [0, 0.05) is 68.0 Å². The zero-order valence-corrected chi connectivity index (χ0v) is 27.7. The van der Waals surface area contributed by atoms with Gasteiger partial charge in [-0.25, -0.2) is 0 Å². The number of para-hydroxylation sites is 1. The summed E-state index contributed by atoms with van der Waals surface area (Å²) in [6.07, 6.45) is 7.21. The summed E-state index contributed by atoms with van der Waals surface area (Å²) in [5.41, 5.74) is 2.59. The van der Waals surface area contributed by atoms with E-state index in [0.29, 0.717) is 22.9 Å². The number of piperidine rings is 1. The number of nitrogens with one attached hydrogen (secondary N) is 2. The third kappa shape index (κ3) is 7.40. The molecule has 1 saturated carbocycles. The van der Waals surface area contributed by atoms with Gasteiger partial charge >= 0.3 is 0 Å². The molecule has 0 radical (unpaired) electrons. The molecule has 3 heterocycles. The smallest absolute Gasteiger partial charge is 0.232 e. The summed E-state index contributed by atoms with van der Waals surface area (Å²) in [4.78, 5) is 17.3. The molecule has 0 amide bonds.